The van der Waals surface area contributed by atoms with E-state index in [9.17, 15) is 4.79 Å². The number of urea groups is 1. The summed E-state index contributed by atoms with van der Waals surface area (Å²) >= 11 is 0. The molecule has 19 heavy (non-hydrogen) atoms. The molecule has 6 nitrogen and oxygen atoms in total. The number of primary amides is 1. The molecule has 2 amide bonds. The standard InChI is InChI=1S/C13H15N5O/c1-9-12(8-15-16-13(14)19)10(2)18(17-9)11-6-4-3-5-7-11/h3-8H,1-2H3,(H3,14,16,19)/b15-8+. The van der Waals surface area contributed by atoms with Gasteiger partial charge in [-0.25, -0.2) is 14.9 Å². The van der Waals surface area contributed by atoms with Crippen LogP contribution in [0.25, 0.3) is 5.69 Å². The first-order valence-electron chi connectivity index (χ1n) is 5.79. The molecule has 0 spiro atoms. The molecule has 1 heterocycles. The normalized spacial score (nSPS) is 10.8. The quantitative estimate of drug-likeness (QED) is 0.644. The number of aromatic nitrogens is 2. The number of rotatable bonds is 3. The minimum Gasteiger partial charge on any atom is -0.350 e. The van der Waals surface area contributed by atoms with Gasteiger partial charge in [0.25, 0.3) is 0 Å². The Morgan fingerprint density at radius 2 is 2.05 bits per heavy atom. The molecule has 0 unspecified atom stereocenters. The Bertz CT molecular complexity index is 615. The Hall–Kier alpha value is -2.63. The first-order valence-corrected chi connectivity index (χ1v) is 5.79. The average molecular weight is 257 g/mol. The minimum absolute atomic E-state index is 0.693. The largest absolute Gasteiger partial charge is 0.350 e. The van der Waals surface area contributed by atoms with Crippen molar-refractivity contribution in [2.75, 3.05) is 0 Å². The second-order valence-corrected chi connectivity index (χ2v) is 4.07. The van der Waals surface area contributed by atoms with Gasteiger partial charge in [-0.1, -0.05) is 18.2 Å². The van der Waals surface area contributed by atoms with Gasteiger partial charge in [-0.15, -0.1) is 0 Å². The van der Waals surface area contributed by atoms with Gasteiger partial charge in [0.2, 0.25) is 0 Å². The average Bonchev–Trinajstić information content (AvgIpc) is 2.67. The highest BCUT2D eigenvalue weighted by molar-refractivity contribution is 5.84. The van der Waals surface area contributed by atoms with E-state index >= 15 is 0 Å². The fourth-order valence-electron chi connectivity index (χ4n) is 1.82. The van der Waals surface area contributed by atoms with E-state index in [0.29, 0.717) is 0 Å². The second kappa shape index (κ2) is 5.34. The van der Waals surface area contributed by atoms with E-state index in [1.54, 1.807) is 6.21 Å². The third kappa shape index (κ3) is 2.79. The van der Waals surface area contributed by atoms with Crippen LogP contribution in [0.2, 0.25) is 0 Å². The van der Waals surface area contributed by atoms with Crippen LogP contribution in [0.15, 0.2) is 35.4 Å². The van der Waals surface area contributed by atoms with E-state index in [2.05, 4.69) is 15.6 Å². The summed E-state index contributed by atoms with van der Waals surface area (Å²) in [5, 5.41) is 8.23. The molecule has 6 heteroatoms. The van der Waals surface area contributed by atoms with Crippen molar-refractivity contribution in [1.29, 1.82) is 0 Å². The SMILES string of the molecule is Cc1nn(-c2ccccc2)c(C)c1/C=N/NC(N)=O. The van der Waals surface area contributed by atoms with Gasteiger partial charge in [-0.2, -0.15) is 10.2 Å². The summed E-state index contributed by atoms with van der Waals surface area (Å²) in [5.74, 6) is 0. The fraction of sp³-hybridized carbons (Fsp3) is 0.154. The lowest BCUT2D eigenvalue weighted by molar-refractivity contribution is 0.249. The molecule has 0 aliphatic heterocycles. The summed E-state index contributed by atoms with van der Waals surface area (Å²) in [6, 6.07) is 9.11. The van der Waals surface area contributed by atoms with Crippen LogP contribution in [-0.4, -0.2) is 22.0 Å². The Morgan fingerprint density at radius 1 is 1.37 bits per heavy atom. The zero-order valence-electron chi connectivity index (χ0n) is 10.8. The number of nitrogens with two attached hydrogens (primary N) is 1. The van der Waals surface area contributed by atoms with Crippen LogP contribution in [-0.2, 0) is 0 Å². The van der Waals surface area contributed by atoms with E-state index in [1.807, 2.05) is 48.9 Å². The number of carbonyl (C=O) groups excluding carboxylic acids is 1. The molecule has 1 aromatic carbocycles. The molecule has 0 aliphatic rings. The summed E-state index contributed by atoms with van der Waals surface area (Å²) < 4.78 is 1.83. The molecule has 98 valence electrons. The number of aryl methyl sites for hydroxylation is 1. The van der Waals surface area contributed by atoms with Crippen LogP contribution in [0.3, 0.4) is 0 Å². The van der Waals surface area contributed by atoms with Crippen molar-refractivity contribution in [3.63, 3.8) is 0 Å². The van der Waals surface area contributed by atoms with Crippen molar-refractivity contribution in [3.05, 3.63) is 47.3 Å². The number of hydrogen-bond acceptors (Lipinski definition) is 3. The number of nitrogens with zero attached hydrogens (tertiary/aromatic N) is 3. The maximum absolute atomic E-state index is 10.6. The zero-order chi connectivity index (χ0) is 13.8. The number of carbonyl (C=O) groups is 1. The van der Waals surface area contributed by atoms with Crippen molar-refractivity contribution in [2.24, 2.45) is 10.8 Å². The van der Waals surface area contributed by atoms with Crippen LogP contribution in [0.5, 0.6) is 0 Å². The molecule has 0 saturated heterocycles. The molecule has 0 radical (unpaired) electrons. The third-order valence-corrected chi connectivity index (χ3v) is 2.72. The molecule has 0 saturated carbocycles. The van der Waals surface area contributed by atoms with Crippen LogP contribution in [0.4, 0.5) is 4.79 Å². The number of hydrazone groups is 1. The van der Waals surface area contributed by atoms with Crippen molar-refractivity contribution >= 4 is 12.2 Å². The summed E-state index contributed by atoms with van der Waals surface area (Å²) in [4.78, 5) is 10.6. The van der Waals surface area contributed by atoms with Crippen molar-refractivity contribution in [1.82, 2.24) is 15.2 Å². The summed E-state index contributed by atoms with van der Waals surface area (Å²) in [5.41, 5.74) is 10.7. The maximum atomic E-state index is 10.6. The summed E-state index contributed by atoms with van der Waals surface area (Å²) in [6.07, 6.45) is 1.54. The van der Waals surface area contributed by atoms with Crippen molar-refractivity contribution in [2.45, 2.75) is 13.8 Å². The topological polar surface area (TPSA) is 85.3 Å². The molecular formula is C13H15N5O. The highest BCUT2D eigenvalue weighted by Gasteiger charge is 2.10. The lowest BCUT2D eigenvalue weighted by Gasteiger charge is -2.03. The van der Waals surface area contributed by atoms with Crippen molar-refractivity contribution < 1.29 is 4.79 Å². The molecule has 0 atom stereocenters. The number of benzene rings is 1. The minimum atomic E-state index is -0.693. The zero-order valence-corrected chi connectivity index (χ0v) is 10.8. The number of para-hydroxylation sites is 1. The molecule has 3 N–H and O–H groups in total. The smallest absolute Gasteiger partial charge is 0.332 e. The molecule has 0 aliphatic carbocycles. The molecule has 2 rings (SSSR count). The fourth-order valence-corrected chi connectivity index (χ4v) is 1.82. The Labute approximate surface area is 110 Å². The van der Waals surface area contributed by atoms with Gasteiger partial charge in [0.1, 0.15) is 0 Å². The predicted octanol–water partition coefficient (Wildman–Crippen LogP) is 1.49. The lowest BCUT2D eigenvalue weighted by atomic mass is 10.2. The lowest BCUT2D eigenvalue weighted by Crippen LogP contribution is -2.24. The summed E-state index contributed by atoms with van der Waals surface area (Å²) in [7, 11) is 0. The highest BCUT2D eigenvalue weighted by Crippen LogP contribution is 2.15. The molecular weight excluding hydrogens is 242 g/mol. The molecule has 1 aromatic heterocycles. The summed E-state index contributed by atoms with van der Waals surface area (Å²) in [6.45, 7) is 3.83. The Morgan fingerprint density at radius 3 is 2.68 bits per heavy atom. The van der Waals surface area contributed by atoms with Crippen LogP contribution in [0, 0.1) is 13.8 Å². The third-order valence-electron chi connectivity index (χ3n) is 2.72. The molecule has 2 aromatic rings. The van der Waals surface area contributed by atoms with Crippen LogP contribution < -0.4 is 11.2 Å². The number of amides is 2. The van der Waals surface area contributed by atoms with Gasteiger partial charge in [-0.3, -0.25) is 0 Å². The predicted molar refractivity (Wildman–Crippen MR) is 73.4 cm³/mol. The highest BCUT2D eigenvalue weighted by atomic mass is 16.2. The van der Waals surface area contributed by atoms with E-state index < -0.39 is 6.03 Å². The van der Waals surface area contributed by atoms with E-state index in [0.717, 1.165) is 22.6 Å². The van der Waals surface area contributed by atoms with E-state index in [4.69, 9.17) is 5.73 Å². The Balaban J connectivity index is 2.35. The first-order chi connectivity index (χ1) is 9.09. The first kappa shape index (κ1) is 12.8. The van der Waals surface area contributed by atoms with Gasteiger partial charge in [-0.05, 0) is 26.0 Å². The monoisotopic (exact) mass is 257 g/mol. The van der Waals surface area contributed by atoms with Crippen LogP contribution >= 0.6 is 0 Å². The molecule has 0 bridgehead atoms. The van der Waals surface area contributed by atoms with Crippen molar-refractivity contribution in [3.8, 4) is 5.69 Å². The van der Waals surface area contributed by atoms with Gasteiger partial charge < -0.3 is 5.73 Å². The van der Waals surface area contributed by atoms with E-state index in [-0.39, 0.29) is 0 Å². The number of hydrogen-bond donors (Lipinski definition) is 2. The van der Waals surface area contributed by atoms with Gasteiger partial charge in [0.05, 0.1) is 23.3 Å². The number of nitrogens with one attached hydrogen (secondary N) is 1. The second-order valence-electron chi connectivity index (χ2n) is 4.07. The Kier molecular flexibility index (Phi) is 3.61. The van der Waals surface area contributed by atoms with Gasteiger partial charge in [0, 0.05) is 5.56 Å². The van der Waals surface area contributed by atoms with Crippen LogP contribution in [0.1, 0.15) is 17.0 Å². The van der Waals surface area contributed by atoms with Gasteiger partial charge >= 0.3 is 6.03 Å². The van der Waals surface area contributed by atoms with Gasteiger partial charge in [0.15, 0.2) is 0 Å². The van der Waals surface area contributed by atoms with E-state index in [1.165, 1.54) is 0 Å². The molecule has 0 fully saturated rings. The maximum Gasteiger partial charge on any atom is 0.332 e.